The lowest BCUT2D eigenvalue weighted by atomic mass is 10.0. The van der Waals surface area contributed by atoms with Crippen molar-refractivity contribution in [1.29, 1.82) is 0 Å². The first kappa shape index (κ1) is 22.4. The number of benzene rings is 3. The number of nitrogens with one attached hydrogen (secondary N) is 2. The number of aromatic nitrogens is 1. The summed E-state index contributed by atoms with van der Waals surface area (Å²) in [5.74, 6) is -1.72. The molecule has 6 nitrogen and oxygen atoms in total. The van der Waals surface area contributed by atoms with E-state index in [1.165, 1.54) is 23.5 Å². The molecule has 0 aliphatic rings. The predicted octanol–water partition coefficient (Wildman–Crippen LogP) is 5.83. The van der Waals surface area contributed by atoms with Gasteiger partial charge in [0.05, 0.1) is 10.2 Å². The van der Waals surface area contributed by atoms with Crippen molar-refractivity contribution < 1.29 is 19.1 Å². The fraction of sp³-hybridized carbons (Fsp3) is 0.160. The standard InChI is InChI=1S/C25H22FN3O3S/c1-2-3-21(24(31)32)28-23(30)17-6-4-15(5-7-17)16-8-11-19(12-9-16)27-25-29-20-13-10-18(26)14-22(20)33-25/h4-14,21H,2-3H2,1H3,(H,27,29)(H,28,30)(H,31,32)/t21-/m0/s1. The SMILES string of the molecule is CCC[C@H](NC(=O)c1ccc(-c2ccc(Nc3nc4ccc(F)cc4s3)cc2)cc1)C(=O)O. The van der Waals surface area contributed by atoms with Crippen LogP contribution in [0.15, 0.2) is 66.7 Å². The Labute approximate surface area is 194 Å². The molecule has 1 atom stereocenters. The first-order valence-electron chi connectivity index (χ1n) is 10.5. The Morgan fingerprint density at radius 1 is 1.03 bits per heavy atom. The normalized spacial score (nSPS) is 11.8. The number of hydrogen-bond donors (Lipinski definition) is 3. The monoisotopic (exact) mass is 463 g/mol. The lowest BCUT2D eigenvalue weighted by molar-refractivity contribution is -0.139. The molecule has 0 saturated heterocycles. The molecule has 1 heterocycles. The highest BCUT2D eigenvalue weighted by Crippen LogP contribution is 2.30. The topological polar surface area (TPSA) is 91.3 Å². The summed E-state index contributed by atoms with van der Waals surface area (Å²) in [4.78, 5) is 28.1. The lowest BCUT2D eigenvalue weighted by Gasteiger charge is -2.13. The van der Waals surface area contributed by atoms with Gasteiger partial charge in [-0.1, -0.05) is 48.9 Å². The summed E-state index contributed by atoms with van der Waals surface area (Å²) >= 11 is 1.38. The van der Waals surface area contributed by atoms with Crippen molar-refractivity contribution in [3.63, 3.8) is 0 Å². The number of aliphatic carboxylic acids is 1. The highest BCUT2D eigenvalue weighted by Gasteiger charge is 2.19. The van der Waals surface area contributed by atoms with Gasteiger partial charge in [0.2, 0.25) is 0 Å². The largest absolute Gasteiger partial charge is 0.480 e. The third-order valence-electron chi connectivity index (χ3n) is 5.15. The number of carboxylic acid groups (broad SMARTS) is 1. The maximum Gasteiger partial charge on any atom is 0.326 e. The van der Waals surface area contributed by atoms with Gasteiger partial charge in [0.25, 0.3) is 5.91 Å². The fourth-order valence-electron chi connectivity index (χ4n) is 3.42. The number of nitrogens with zero attached hydrogens (tertiary/aromatic N) is 1. The molecule has 1 aromatic heterocycles. The second kappa shape index (κ2) is 9.79. The van der Waals surface area contributed by atoms with Crippen molar-refractivity contribution in [2.75, 3.05) is 5.32 Å². The van der Waals surface area contributed by atoms with Gasteiger partial charge in [-0.2, -0.15) is 0 Å². The molecule has 1 amide bonds. The van der Waals surface area contributed by atoms with Crippen LogP contribution in [0.25, 0.3) is 21.3 Å². The van der Waals surface area contributed by atoms with E-state index in [4.69, 9.17) is 0 Å². The number of halogens is 1. The molecule has 0 bridgehead atoms. The van der Waals surface area contributed by atoms with Crippen LogP contribution in [0.4, 0.5) is 15.2 Å². The molecule has 3 aromatic carbocycles. The number of amides is 1. The quantitative estimate of drug-likeness (QED) is 0.306. The van der Waals surface area contributed by atoms with Gasteiger partial charge in [0, 0.05) is 11.3 Å². The van der Waals surface area contributed by atoms with E-state index in [0.717, 1.165) is 27.0 Å². The van der Waals surface area contributed by atoms with Crippen LogP contribution in [0.1, 0.15) is 30.1 Å². The number of rotatable bonds is 8. The molecule has 0 saturated carbocycles. The number of carbonyl (C=O) groups is 2. The summed E-state index contributed by atoms with van der Waals surface area (Å²) in [6, 6.07) is 18.4. The summed E-state index contributed by atoms with van der Waals surface area (Å²) < 4.78 is 14.2. The van der Waals surface area contributed by atoms with E-state index < -0.39 is 17.9 Å². The van der Waals surface area contributed by atoms with E-state index in [1.54, 1.807) is 18.2 Å². The Morgan fingerprint density at radius 3 is 2.33 bits per heavy atom. The molecular weight excluding hydrogens is 441 g/mol. The van der Waals surface area contributed by atoms with Gasteiger partial charge >= 0.3 is 5.97 Å². The Hall–Kier alpha value is -3.78. The Kier molecular flexibility index (Phi) is 6.65. The zero-order valence-corrected chi connectivity index (χ0v) is 18.7. The van der Waals surface area contributed by atoms with E-state index in [2.05, 4.69) is 15.6 Å². The second-order valence-electron chi connectivity index (χ2n) is 7.56. The van der Waals surface area contributed by atoms with E-state index in [0.29, 0.717) is 23.5 Å². The van der Waals surface area contributed by atoms with Crippen LogP contribution in [-0.4, -0.2) is 28.0 Å². The molecule has 0 unspecified atom stereocenters. The molecule has 0 spiro atoms. The molecule has 3 N–H and O–H groups in total. The minimum Gasteiger partial charge on any atom is -0.480 e. The number of carbonyl (C=O) groups excluding carboxylic acids is 1. The van der Waals surface area contributed by atoms with Crippen molar-refractivity contribution in [3.8, 4) is 11.1 Å². The first-order valence-corrected chi connectivity index (χ1v) is 11.3. The van der Waals surface area contributed by atoms with E-state index in [9.17, 15) is 19.1 Å². The van der Waals surface area contributed by atoms with Crippen molar-refractivity contribution >= 4 is 44.2 Å². The lowest BCUT2D eigenvalue weighted by Crippen LogP contribution is -2.40. The molecule has 0 aliphatic carbocycles. The van der Waals surface area contributed by atoms with Gasteiger partial charge in [-0.05, 0) is 60.0 Å². The maximum absolute atomic E-state index is 13.4. The highest BCUT2D eigenvalue weighted by molar-refractivity contribution is 7.22. The van der Waals surface area contributed by atoms with Crippen LogP contribution in [-0.2, 0) is 4.79 Å². The zero-order chi connectivity index (χ0) is 23.4. The van der Waals surface area contributed by atoms with Crippen LogP contribution in [0, 0.1) is 5.82 Å². The smallest absolute Gasteiger partial charge is 0.326 e. The number of hydrogen-bond acceptors (Lipinski definition) is 5. The molecule has 168 valence electrons. The summed E-state index contributed by atoms with van der Waals surface area (Å²) in [6.45, 7) is 1.87. The summed E-state index contributed by atoms with van der Waals surface area (Å²) in [7, 11) is 0. The van der Waals surface area contributed by atoms with E-state index in [1.807, 2.05) is 43.3 Å². The summed E-state index contributed by atoms with van der Waals surface area (Å²) in [5.41, 5.74) is 3.90. The number of carboxylic acids is 1. The van der Waals surface area contributed by atoms with Crippen molar-refractivity contribution in [1.82, 2.24) is 10.3 Å². The fourth-order valence-corrected chi connectivity index (χ4v) is 4.33. The van der Waals surface area contributed by atoms with Gasteiger partial charge < -0.3 is 15.7 Å². The first-order chi connectivity index (χ1) is 15.9. The molecule has 4 aromatic rings. The number of fused-ring (bicyclic) bond motifs is 1. The van der Waals surface area contributed by atoms with Gasteiger partial charge in [-0.15, -0.1) is 0 Å². The van der Waals surface area contributed by atoms with Crippen molar-refractivity contribution in [2.24, 2.45) is 0 Å². The highest BCUT2D eigenvalue weighted by atomic mass is 32.1. The second-order valence-corrected chi connectivity index (χ2v) is 8.59. The van der Waals surface area contributed by atoms with E-state index in [-0.39, 0.29) is 5.82 Å². The molecule has 8 heteroatoms. The summed E-state index contributed by atoms with van der Waals surface area (Å²) in [5, 5.41) is 15.7. The van der Waals surface area contributed by atoms with E-state index >= 15 is 0 Å². The third kappa shape index (κ3) is 5.35. The maximum atomic E-state index is 13.4. The zero-order valence-electron chi connectivity index (χ0n) is 17.8. The van der Waals surface area contributed by atoms with Gasteiger partial charge in [0.15, 0.2) is 5.13 Å². The Bertz CT molecular complexity index is 1290. The molecule has 4 rings (SSSR count). The molecular formula is C25H22FN3O3S. The minimum atomic E-state index is -1.03. The van der Waals surface area contributed by atoms with Gasteiger partial charge in [-0.25, -0.2) is 14.2 Å². The van der Waals surface area contributed by atoms with Gasteiger partial charge in [-0.3, -0.25) is 4.79 Å². The number of thiazole rings is 1. The summed E-state index contributed by atoms with van der Waals surface area (Å²) in [6.07, 6.45) is 1.05. The molecule has 0 fully saturated rings. The minimum absolute atomic E-state index is 0.284. The number of anilines is 2. The van der Waals surface area contributed by atoms with Crippen molar-refractivity contribution in [3.05, 3.63) is 78.1 Å². The van der Waals surface area contributed by atoms with Gasteiger partial charge in [0.1, 0.15) is 11.9 Å². The average molecular weight is 464 g/mol. The van der Waals surface area contributed by atoms with Crippen LogP contribution in [0.3, 0.4) is 0 Å². The molecule has 0 aliphatic heterocycles. The van der Waals surface area contributed by atoms with Crippen LogP contribution in [0.2, 0.25) is 0 Å². The molecule has 0 radical (unpaired) electrons. The Morgan fingerprint density at radius 2 is 1.70 bits per heavy atom. The van der Waals surface area contributed by atoms with Crippen LogP contribution in [0.5, 0.6) is 0 Å². The van der Waals surface area contributed by atoms with Crippen LogP contribution >= 0.6 is 11.3 Å². The van der Waals surface area contributed by atoms with Crippen molar-refractivity contribution in [2.45, 2.75) is 25.8 Å². The third-order valence-corrected chi connectivity index (χ3v) is 6.08. The predicted molar refractivity (Wildman–Crippen MR) is 129 cm³/mol. The molecule has 33 heavy (non-hydrogen) atoms. The van der Waals surface area contributed by atoms with Crippen LogP contribution < -0.4 is 10.6 Å². The average Bonchev–Trinajstić information content (AvgIpc) is 3.20. The Balaban J connectivity index is 1.43.